The number of aliphatic imine (C=N–C) groups is 1. The molecule has 0 radical (unpaired) electrons. The van der Waals surface area contributed by atoms with Crippen LogP contribution in [0.2, 0.25) is 0 Å². The van der Waals surface area contributed by atoms with Crippen LogP contribution in [0.4, 0.5) is 28.4 Å². The van der Waals surface area contributed by atoms with Crippen LogP contribution < -0.4 is 14.5 Å². The lowest BCUT2D eigenvalue weighted by Gasteiger charge is -2.45. The van der Waals surface area contributed by atoms with E-state index in [0.717, 1.165) is 39.3 Å². The first-order chi connectivity index (χ1) is 20.5. The summed E-state index contributed by atoms with van der Waals surface area (Å²) >= 11 is 0. The highest BCUT2D eigenvalue weighted by Crippen LogP contribution is 2.56. The second-order valence-electron chi connectivity index (χ2n) is 11.7. The fourth-order valence-corrected chi connectivity index (χ4v) is 6.89. The minimum atomic E-state index is -0.745. The van der Waals surface area contributed by atoms with Crippen molar-refractivity contribution in [2.45, 2.75) is 25.0 Å². The van der Waals surface area contributed by atoms with Crippen molar-refractivity contribution in [2.24, 2.45) is 4.99 Å². The first-order valence-corrected chi connectivity index (χ1v) is 14.5. The Bertz CT molecular complexity index is 2030. The number of fused-ring (bicyclic) bond motifs is 5. The topological polar surface area (TPSA) is 28.1 Å². The van der Waals surface area contributed by atoms with Crippen LogP contribution >= 0.6 is 0 Å². The van der Waals surface area contributed by atoms with Crippen LogP contribution in [0.25, 0.3) is 21.5 Å². The van der Waals surface area contributed by atoms with Gasteiger partial charge in [0.25, 0.3) is 0 Å². The Morgan fingerprint density at radius 1 is 0.667 bits per heavy atom. The minimum absolute atomic E-state index is 0.319. The molecule has 1 spiro atoms. The third kappa shape index (κ3) is 3.38. The Balaban J connectivity index is 1.35. The molecule has 0 aliphatic carbocycles. The zero-order chi connectivity index (χ0) is 28.5. The summed E-state index contributed by atoms with van der Waals surface area (Å²) in [6.07, 6.45) is 2.01. The summed E-state index contributed by atoms with van der Waals surface area (Å²) in [4.78, 5) is 9.74. The van der Waals surface area contributed by atoms with Crippen molar-refractivity contribution < 1.29 is 4.74 Å². The van der Waals surface area contributed by atoms with E-state index >= 15 is 0 Å². The van der Waals surface area contributed by atoms with Crippen LogP contribution in [0, 0.1) is 0 Å². The molecule has 2 aliphatic rings. The first kappa shape index (κ1) is 24.7. The quantitative estimate of drug-likeness (QED) is 0.222. The van der Waals surface area contributed by atoms with Gasteiger partial charge in [-0.2, -0.15) is 0 Å². The number of ether oxygens (including phenoxy) is 1. The number of likely N-dealkylation sites (N-methyl/N-ethyl adjacent to an activating group) is 1. The average Bonchev–Trinajstić information content (AvgIpc) is 3.20. The standard InChI is InChI=1S/C38H31N3O/c1-37(2)32-19-11-12-20-34(32)40(3)38(37)25-39-33-24-35(30-17-9-10-18-31(30)36(33)42-38)41(28-15-5-4-6-16-28)29-22-21-26-13-7-8-14-27(26)23-29/h4-25H,1-3H3. The van der Waals surface area contributed by atoms with Crippen molar-refractivity contribution in [1.82, 2.24) is 0 Å². The van der Waals surface area contributed by atoms with Crippen LogP contribution in [0.1, 0.15) is 19.4 Å². The van der Waals surface area contributed by atoms with E-state index in [0.29, 0.717) is 0 Å². The summed E-state index contributed by atoms with van der Waals surface area (Å²) in [5.74, 6) is 0.816. The van der Waals surface area contributed by atoms with Crippen LogP contribution in [-0.2, 0) is 5.41 Å². The van der Waals surface area contributed by atoms with Crippen LogP contribution in [0.15, 0.2) is 132 Å². The summed E-state index contributed by atoms with van der Waals surface area (Å²) in [5, 5.41) is 4.57. The number of benzene rings is 6. The molecule has 0 amide bonds. The maximum Gasteiger partial charge on any atom is 0.228 e. The molecule has 0 saturated carbocycles. The molecule has 0 N–H and O–H groups in total. The van der Waals surface area contributed by atoms with E-state index in [1.807, 2.05) is 6.21 Å². The van der Waals surface area contributed by atoms with Gasteiger partial charge in [-0.05, 0) is 66.6 Å². The molecular weight excluding hydrogens is 514 g/mol. The van der Waals surface area contributed by atoms with Gasteiger partial charge < -0.3 is 14.5 Å². The molecule has 204 valence electrons. The molecule has 4 heteroatoms. The highest BCUT2D eigenvalue weighted by atomic mass is 16.5. The molecule has 8 rings (SSSR count). The van der Waals surface area contributed by atoms with Crippen LogP contribution in [-0.4, -0.2) is 19.0 Å². The SMILES string of the molecule is CN1c2ccccc2C(C)(C)C12C=Nc1cc(N(c3ccccc3)c3ccc4ccccc4c3)c3ccccc3c1O2. The van der Waals surface area contributed by atoms with Gasteiger partial charge >= 0.3 is 0 Å². The maximum atomic E-state index is 7.17. The van der Waals surface area contributed by atoms with Crippen molar-refractivity contribution in [2.75, 3.05) is 16.8 Å². The van der Waals surface area contributed by atoms with E-state index in [1.54, 1.807) is 0 Å². The lowest BCUT2D eigenvalue weighted by molar-refractivity contribution is 0.0842. The van der Waals surface area contributed by atoms with Crippen molar-refractivity contribution in [3.05, 3.63) is 133 Å². The van der Waals surface area contributed by atoms with Gasteiger partial charge in [0.15, 0.2) is 5.75 Å². The largest absolute Gasteiger partial charge is 0.459 e. The van der Waals surface area contributed by atoms with Gasteiger partial charge in [-0.25, -0.2) is 0 Å². The molecule has 0 fully saturated rings. The van der Waals surface area contributed by atoms with E-state index in [4.69, 9.17) is 9.73 Å². The average molecular weight is 546 g/mol. The minimum Gasteiger partial charge on any atom is -0.459 e. The monoisotopic (exact) mass is 545 g/mol. The van der Waals surface area contributed by atoms with Crippen LogP contribution in [0.3, 0.4) is 0 Å². The Kier molecular flexibility index (Phi) is 5.26. The molecule has 1 atom stereocenters. The van der Waals surface area contributed by atoms with Gasteiger partial charge in [0.05, 0.1) is 17.3 Å². The number of rotatable bonds is 3. The van der Waals surface area contributed by atoms with E-state index in [-0.39, 0.29) is 5.41 Å². The van der Waals surface area contributed by atoms with Gasteiger partial charge in [0.1, 0.15) is 5.69 Å². The molecule has 0 bridgehead atoms. The zero-order valence-electron chi connectivity index (χ0n) is 24.0. The molecule has 0 aromatic heterocycles. The molecule has 0 saturated heterocycles. The lowest BCUT2D eigenvalue weighted by atomic mass is 9.77. The molecule has 6 aromatic carbocycles. The van der Waals surface area contributed by atoms with Crippen molar-refractivity contribution in [3.63, 3.8) is 0 Å². The Morgan fingerprint density at radius 2 is 1.36 bits per heavy atom. The summed E-state index contributed by atoms with van der Waals surface area (Å²) in [7, 11) is 2.11. The van der Waals surface area contributed by atoms with E-state index < -0.39 is 5.72 Å². The Morgan fingerprint density at radius 3 is 2.17 bits per heavy atom. The van der Waals surface area contributed by atoms with Gasteiger partial charge in [0.2, 0.25) is 5.72 Å². The predicted octanol–water partition coefficient (Wildman–Crippen LogP) is 9.68. The van der Waals surface area contributed by atoms with Crippen molar-refractivity contribution in [3.8, 4) is 5.75 Å². The highest BCUT2D eigenvalue weighted by Gasteiger charge is 2.58. The molecule has 2 aliphatic heterocycles. The van der Waals surface area contributed by atoms with E-state index in [2.05, 4.69) is 158 Å². The van der Waals surface area contributed by atoms with Gasteiger partial charge in [-0.3, -0.25) is 4.99 Å². The second kappa shape index (κ2) is 8.95. The van der Waals surface area contributed by atoms with Crippen LogP contribution in [0.5, 0.6) is 5.75 Å². The molecule has 4 nitrogen and oxygen atoms in total. The fourth-order valence-electron chi connectivity index (χ4n) is 6.89. The number of para-hydroxylation sites is 2. The fraction of sp³-hybridized carbons (Fsp3) is 0.132. The number of anilines is 4. The lowest BCUT2D eigenvalue weighted by Crippen LogP contribution is -2.61. The van der Waals surface area contributed by atoms with Crippen molar-refractivity contribution in [1.29, 1.82) is 0 Å². The summed E-state index contributed by atoms with van der Waals surface area (Å²) in [6.45, 7) is 4.50. The third-order valence-electron chi connectivity index (χ3n) is 9.17. The van der Waals surface area contributed by atoms with E-state index in [1.165, 1.54) is 22.0 Å². The van der Waals surface area contributed by atoms with E-state index in [9.17, 15) is 0 Å². The number of hydrogen-bond donors (Lipinski definition) is 0. The molecular formula is C38H31N3O. The van der Waals surface area contributed by atoms with Gasteiger partial charge in [-0.15, -0.1) is 0 Å². The Labute approximate surface area is 246 Å². The molecule has 1 unspecified atom stereocenters. The number of nitrogens with zero attached hydrogens (tertiary/aromatic N) is 3. The second-order valence-corrected chi connectivity index (χ2v) is 11.7. The molecule has 2 heterocycles. The predicted molar refractivity (Wildman–Crippen MR) is 176 cm³/mol. The third-order valence-corrected chi connectivity index (χ3v) is 9.17. The van der Waals surface area contributed by atoms with Gasteiger partial charge in [-0.1, -0.05) is 91.0 Å². The normalized spacial score (nSPS) is 18.2. The highest BCUT2D eigenvalue weighted by molar-refractivity contribution is 6.07. The smallest absolute Gasteiger partial charge is 0.228 e. The summed E-state index contributed by atoms with van der Waals surface area (Å²) in [5.41, 5.74) is 5.43. The maximum absolute atomic E-state index is 7.17. The first-order valence-electron chi connectivity index (χ1n) is 14.5. The summed E-state index contributed by atoms with van der Waals surface area (Å²) in [6, 6.07) is 45.0. The van der Waals surface area contributed by atoms with Gasteiger partial charge in [0, 0.05) is 34.9 Å². The molecule has 6 aromatic rings. The molecule has 42 heavy (non-hydrogen) atoms. The zero-order valence-corrected chi connectivity index (χ0v) is 24.0. The van der Waals surface area contributed by atoms with Crippen molar-refractivity contribution >= 4 is 56.2 Å². The summed E-state index contributed by atoms with van der Waals surface area (Å²) < 4.78 is 7.17. The Hall–Kier alpha value is -5.09. The number of hydrogen-bond acceptors (Lipinski definition) is 4.